The number of rotatable bonds is 3. The van der Waals surface area contributed by atoms with Crippen LogP contribution < -0.4 is 5.32 Å². The number of anilines is 1. The van der Waals surface area contributed by atoms with Crippen LogP contribution in [0.15, 0.2) is 30.0 Å². The van der Waals surface area contributed by atoms with Gasteiger partial charge in [-0.1, -0.05) is 11.6 Å². The highest BCUT2D eigenvalue weighted by Crippen LogP contribution is 2.36. The third-order valence-electron chi connectivity index (χ3n) is 3.60. The van der Waals surface area contributed by atoms with E-state index in [1.807, 2.05) is 4.90 Å². The van der Waals surface area contributed by atoms with Crippen LogP contribution in [0.4, 0.5) is 18.9 Å². The van der Waals surface area contributed by atoms with Gasteiger partial charge in [0.25, 0.3) is 5.91 Å². The van der Waals surface area contributed by atoms with Crippen molar-refractivity contribution in [1.82, 2.24) is 4.90 Å². The molecule has 8 heteroatoms. The Hall–Kier alpha value is -2.20. The number of likely N-dealkylation sites (tertiary alicyclic amines) is 1. The van der Waals surface area contributed by atoms with Gasteiger partial charge in [-0.2, -0.15) is 18.4 Å². The van der Waals surface area contributed by atoms with Crippen molar-refractivity contribution in [2.24, 2.45) is 0 Å². The van der Waals surface area contributed by atoms with Crippen LogP contribution in [0.1, 0.15) is 24.8 Å². The number of alkyl halides is 3. The van der Waals surface area contributed by atoms with Crippen molar-refractivity contribution in [3.63, 3.8) is 0 Å². The molecule has 128 valence electrons. The smallest absolute Gasteiger partial charge is 0.376 e. The zero-order valence-electron chi connectivity index (χ0n) is 12.7. The van der Waals surface area contributed by atoms with Gasteiger partial charge in [-0.05, 0) is 37.5 Å². The molecule has 2 rings (SSSR count). The van der Waals surface area contributed by atoms with E-state index in [1.54, 1.807) is 6.07 Å². The maximum Gasteiger partial charge on any atom is 0.417 e. The van der Waals surface area contributed by atoms with Gasteiger partial charge in [0.05, 0.1) is 10.6 Å². The second-order valence-corrected chi connectivity index (χ2v) is 5.80. The fourth-order valence-corrected chi connectivity index (χ4v) is 2.61. The number of hydrogen-bond donors (Lipinski definition) is 1. The maximum atomic E-state index is 12.8. The number of nitrogens with one attached hydrogen (secondary N) is 1. The van der Waals surface area contributed by atoms with Gasteiger partial charge >= 0.3 is 6.18 Å². The number of nitriles is 1. The Bertz CT molecular complexity index is 689. The number of halogens is 4. The molecule has 1 fully saturated rings. The van der Waals surface area contributed by atoms with Gasteiger partial charge in [0, 0.05) is 25.0 Å². The molecule has 1 N–H and O–H groups in total. The molecule has 1 aliphatic rings. The first-order valence-corrected chi connectivity index (χ1v) is 7.73. The second kappa shape index (κ2) is 7.58. The summed E-state index contributed by atoms with van der Waals surface area (Å²) in [4.78, 5) is 14.0. The van der Waals surface area contributed by atoms with Crippen molar-refractivity contribution in [3.05, 3.63) is 40.6 Å². The van der Waals surface area contributed by atoms with Gasteiger partial charge in [0.1, 0.15) is 11.6 Å². The highest BCUT2D eigenvalue weighted by Gasteiger charge is 2.33. The molecule has 0 radical (unpaired) electrons. The fraction of sp³-hybridized carbons (Fsp3) is 0.375. The normalized spacial score (nSPS) is 15.8. The van der Waals surface area contributed by atoms with E-state index in [1.165, 1.54) is 12.3 Å². The molecule has 1 amide bonds. The second-order valence-electron chi connectivity index (χ2n) is 5.40. The Balaban J connectivity index is 2.16. The van der Waals surface area contributed by atoms with Crippen molar-refractivity contribution >= 4 is 23.2 Å². The van der Waals surface area contributed by atoms with Crippen LogP contribution in [0, 0.1) is 11.3 Å². The van der Waals surface area contributed by atoms with Crippen LogP contribution in [0.3, 0.4) is 0 Å². The third kappa shape index (κ3) is 4.65. The van der Waals surface area contributed by atoms with Gasteiger partial charge in [0.2, 0.25) is 0 Å². The van der Waals surface area contributed by atoms with Gasteiger partial charge in [0.15, 0.2) is 0 Å². The number of piperidine rings is 1. The maximum absolute atomic E-state index is 12.8. The Kier molecular flexibility index (Phi) is 5.73. The summed E-state index contributed by atoms with van der Waals surface area (Å²) in [6, 6.07) is 4.84. The van der Waals surface area contributed by atoms with Crippen molar-refractivity contribution in [1.29, 1.82) is 5.26 Å². The summed E-state index contributed by atoms with van der Waals surface area (Å²) in [6.45, 7) is 1.50. The van der Waals surface area contributed by atoms with Crippen LogP contribution in [0.25, 0.3) is 0 Å². The first kappa shape index (κ1) is 18.1. The van der Waals surface area contributed by atoms with Gasteiger partial charge in [-0.25, -0.2) is 0 Å². The molecule has 0 aromatic heterocycles. The van der Waals surface area contributed by atoms with Gasteiger partial charge in [-0.15, -0.1) is 0 Å². The first-order chi connectivity index (χ1) is 11.3. The number of nitrogens with zero attached hydrogens (tertiary/aromatic N) is 2. The first-order valence-electron chi connectivity index (χ1n) is 7.35. The summed E-state index contributed by atoms with van der Waals surface area (Å²) in [7, 11) is 0. The Labute approximate surface area is 142 Å². The number of carbonyl (C=O) groups is 1. The van der Waals surface area contributed by atoms with Gasteiger partial charge in [-0.3, -0.25) is 4.79 Å². The van der Waals surface area contributed by atoms with E-state index in [9.17, 15) is 18.0 Å². The zero-order chi connectivity index (χ0) is 17.7. The lowest BCUT2D eigenvalue weighted by atomic mass is 10.1. The van der Waals surface area contributed by atoms with E-state index in [0.29, 0.717) is 0 Å². The molecule has 0 unspecified atom stereocenters. The average Bonchev–Trinajstić information content (AvgIpc) is 2.54. The summed E-state index contributed by atoms with van der Waals surface area (Å²) >= 11 is 5.53. The lowest BCUT2D eigenvalue weighted by Gasteiger charge is -2.25. The number of amides is 1. The third-order valence-corrected chi connectivity index (χ3v) is 3.93. The summed E-state index contributed by atoms with van der Waals surface area (Å²) < 4.78 is 38.5. The Morgan fingerprint density at radius 2 is 1.96 bits per heavy atom. The molecule has 0 saturated carbocycles. The summed E-state index contributed by atoms with van der Waals surface area (Å²) in [6.07, 6.45) is -0.121. The van der Waals surface area contributed by atoms with Crippen LogP contribution in [0.2, 0.25) is 5.02 Å². The predicted octanol–water partition coefficient (Wildman–Crippen LogP) is 4.19. The molecule has 24 heavy (non-hydrogen) atoms. The number of benzene rings is 1. The summed E-state index contributed by atoms with van der Waals surface area (Å²) in [5, 5.41) is 11.0. The molecule has 1 aromatic carbocycles. The highest BCUT2D eigenvalue weighted by atomic mass is 35.5. The lowest BCUT2D eigenvalue weighted by molar-refractivity contribution is -0.137. The van der Waals surface area contributed by atoms with E-state index in [0.717, 1.165) is 44.5 Å². The average molecular weight is 358 g/mol. The molecule has 0 aliphatic carbocycles. The highest BCUT2D eigenvalue weighted by molar-refractivity contribution is 6.31. The SMILES string of the molecule is N#C/C(=C/N1CCCCC1)C(=O)Nc1ccc(Cl)c(C(F)(F)F)c1. The molecule has 0 bridgehead atoms. The van der Waals surface area contributed by atoms with E-state index in [2.05, 4.69) is 5.32 Å². The molecule has 1 aromatic rings. The number of carbonyl (C=O) groups excluding carboxylic acids is 1. The van der Waals surface area contributed by atoms with Gasteiger partial charge < -0.3 is 10.2 Å². The minimum absolute atomic E-state index is 0.0727. The van der Waals surface area contributed by atoms with Crippen molar-refractivity contribution < 1.29 is 18.0 Å². The van der Waals surface area contributed by atoms with E-state index < -0.39 is 22.7 Å². The van der Waals surface area contributed by atoms with Crippen molar-refractivity contribution in [2.45, 2.75) is 25.4 Å². The van der Waals surface area contributed by atoms with E-state index in [-0.39, 0.29) is 11.3 Å². The Morgan fingerprint density at radius 3 is 2.54 bits per heavy atom. The topological polar surface area (TPSA) is 56.1 Å². The standard InChI is InChI=1S/C16H15ClF3N3O/c17-14-5-4-12(8-13(14)16(18,19)20)22-15(24)11(9-21)10-23-6-2-1-3-7-23/h4-5,8,10H,1-3,6-7H2,(H,22,24)/b11-10-. The lowest BCUT2D eigenvalue weighted by Crippen LogP contribution is -2.26. The zero-order valence-corrected chi connectivity index (χ0v) is 13.4. The molecule has 1 heterocycles. The Morgan fingerprint density at radius 1 is 1.29 bits per heavy atom. The molecular formula is C16H15ClF3N3O. The minimum atomic E-state index is -4.63. The minimum Gasteiger partial charge on any atom is -0.376 e. The fourth-order valence-electron chi connectivity index (χ4n) is 2.39. The molecule has 0 atom stereocenters. The monoisotopic (exact) mass is 357 g/mol. The molecule has 1 aliphatic heterocycles. The molecule has 1 saturated heterocycles. The quantitative estimate of drug-likeness (QED) is 0.652. The molecule has 4 nitrogen and oxygen atoms in total. The van der Waals surface area contributed by atoms with Crippen LogP contribution in [0.5, 0.6) is 0 Å². The number of hydrogen-bond acceptors (Lipinski definition) is 3. The predicted molar refractivity (Wildman–Crippen MR) is 84.2 cm³/mol. The van der Waals surface area contributed by atoms with Crippen LogP contribution in [-0.4, -0.2) is 23.9 Å². The van der Waals surface area contributed by atoms with Crippen LogP contribution in [-0.2, 0) is 11.0 Å². The summed E-state index contributed by atoms with van der Waals surface area (Å²) in [5.74, 6) is -0.751. The largest absolute Gasteiger partial charge is 0.417 e. The van der Waals surface area contributed by atoms with Crippen LogP contribution >= 0.6 is 11.6 Å². The van der Waals surface area contributed by atoms with E-state index in [4.69, 9.17) is 16.9 Å². The van der Waals surface area contributed by atoms with E-state index >= 15 is 0 Å². The molecule has 0 spiro atoms. The summed E-state index contributed by atoms with van der Waals surface area (Å²) in [5.41, 5.74) is -1.27. The van der Waals surface area contributed by atoms with Crippen molar-refractivity contribution in [2.75, 3.05) is 18.4 Å². The van der Waals surface area contributed by atoms with Crippen molar-refractivity contribution in [3.8, 4) is 6.07 Å². The molecular weight excluding hydrogens is 343 g/mol.